The highest BCUT2D eigenvalue weighted by atomic mass is 32.1. The SMILES string of the molecule is Cn1c2ccc3c4ccccc4oc3c2c2c3sc4ccccc4c3ccc21. The van der Waals surface area contributed by atoms with Crippen molar-refractivity contribution in [3.63, 3.8) is 0 Å². The fraction of sp³-hybridized carbons (Fsp3) is 0.0400. The Bertz CT molecular complexity index is 1600. The van der Waals surface area contributed by atoms with Gasteiger partial charge in [-0.3, -0.25) is 0 Å². The van der Waals surface area contributed by atoms with Crippen LogP contribution >= 0.6 is 11.3 Å². The van der Waals surface area contributed by atoms with Crippen molar-refractivity contribution in [1.29, 1.82) is 0 Å². The Kier molecular flexibility index (Phi) is 2.60. The summed E-state index contributed by atoms with van der Waals surface area (Å²) in [6.45, 7) is 0. The average molecular weight is 377 g/mol. The summed E-state index contributed by atoms with van der Waals surface area (Å²) < 4.78 is 11.4. The smallest absolute Gasteiger partial charge is 0.145 e. The molecule has 0 radical (unpaired) electrons. The number of thiophene rings is 1. The molecule has 0 aliphatic carbocycles. The van der Waals surface area contributed by atoms with Crippen molar-refractivity contribution >= 4 is 75.3 Å². The van der Waals surface area contributed by atoms with E-state index in [1.165, 1.54) is 52.8 Å². The molecule has 0 atom stereocenters. The van der Waals surface area contributed by atoms with E-state index < -0.39 is 0 Å². The van der Waals surface area contributed by atoms with E-state index in [1.807, 2.05) is 17.4 Å². The van der Waals surface area contributed by atoms with E-state index >= 15 is 0 Å². The van der Waals surface area contributed by atoms with Gasteiger partial charge in [0.1, 0.15) is 11.2 Å². The fourth-order valence-corrected chi connectivity index (χ4v) is 5.98. The minimum atomic E-state index is 0.950. The first kappa shape index (κ1) is 14.7. The molecule has 0 spiro atoms. The van der Waals surface area contributed by atoms with Crippen LogP contribution in [0.4, 0.5) is 0 Å². The predicted molar refractivity (Wildman–Crippen MR) is 121 cm³/mol. The number of aryl methyl sites for hydroxylation is 1. The standard InChI is InChI=1S/C25H15NOS/c1-26-18-12-10-16-14-6-2-4-8-20(14)27-24(16)22(18)23-19(26)13-11-17-15-7-3-5-9-21(15)28-25(17)23/h2-13H,1H3. The second kappa shape index (κ2) is 4.94. The Morgan fingerprint density at radius 3 is 2.29 bits per heavy atom. The Morgan fingerprint density at radius 1 is 0.679 bits per heavy atom. The van der Waals surface area contributed by atoms with Crippen LogP contribution in [0.3, 0.4) is 0 Å². The van der Waals surface area contributed by atoms with Crippen molar-refractivity contribution < 1.29 is 4.42 Å². The van der Waals surface area contributed by atoms with Gasteiger partial charge in [0.05, 0.1) is 16.4 Å². The third-order valence-electron chi connectivity index (χ3n) is 6.02. The van der Waals surface area contributed by atoms with Gasteiger partial charge in [-0.2, -0.15) is 0 Å². The van der Waals surface area contributed by atoms with Gasteiger partial charge in [0.2, 0.25) is 0 Å². The zero-order valence-corrected chi connectivity index (χ0v) is 16.0. The van der Waals surface area contributed by atoms with Crippen LogP contribution < -0.4 is 0 Å². The summed E-state index contributed by atoms with van der Waals surface area (Å²) in [6.07, 6.45) is 0. The van der Waals surface area contributed by atoms with E-state index in [2.05, 4.69) is 78.3 Å². The molecule has 3 heterocycles. The summed E-state index contributed by atoms with van der Waals surface area (Å²) in [7, 11) is 2.15. The maximum Gasteiger partial charge on any atom is 0.145 e. The maximum atomic E-state index is 6.40. The van der Waals surface area contributed by atoms with Crippen molar-refractivity contribution in [2.45, 2.75) is 0 Å². The topological polar surface area (TPSA) is 18.1 Å². The number of nitrogens with zero attached hydrogens (tertiary/aromatic N) is 1. The lowest BCUT2D eigenvalue weighted by Gasteiger charge is -1.97. The Morgan fingerprint density at radius 2 is 1.39 bits per heavy atom. The molecule has 0 aliphatic heterocycles. The van der Waals surface area contributed by atoms with Gasteiger partial charge in [0.25, 0.3) is 0 Å². The number of para-hydroxylation sites is 1. The van der Waals surface area contributed by atoms with Gasteiger partial charge in [0.15, 0.2) is 0 Å². The summed E-state index contributed by atoms with van der Waals surface area (Å²) in [5, 5.41) is 7.56. The molecule has 4 aromatic carbocycles. The molecule has 2 nitrogen and oxygen atoms in total. The average Bonchev–Trinajstić information content (AvgIpc) is 3.38. The number of furan rings is 1. The van der Waals surface area contributed by atoms with Crippen LogP contribution in [-0.2, 0) is 7.05 Å². The summed E-state index contributed by atoms with van der Waals surface area (Å²) in [4.78, 5) is 0. The zero-order chi connectivity index (χ0) is 18.4. The molecule has 0 fully saturated rings. The van der Waals surface area contributed by atoms with Crippen LogP contribution in [0.1, 0.15) is 0 Å². The van der Waals surface area contributed by atoms with Gasteiger partial charge in [0, 0.05) is 43.4 Å². The lowest BCUT2D eigenvalue weighted by Crippen LogP contribution is -1.85. The van der Waals surface area contributed by atoms with Crippen molar-refractivity contribution in [3.05, 3.63) is 72.8 Å². The maximum absolute atomic E-state index is 6.40. The molecule has 0 N–H and O–H groups in total. The molecule has 0 unspecified atom stereocenters. The van der Waals surface area contributed by atoms with Crippen LogP contribution in [0.5, 0.6) is 0 Å². The highest BCUT2D eigenvalue weighted by Gasteiger charge is 2.19. The molecule has 0 bridgehead atoms. The molecular formula is C25H15NOS. The van der Waals surface area contributed by atoms with Crippen LogP contribution in [0.25, 0.3) is 63.9 Å². The Balaban J connectivity index is 1.83. The minimum Gasteiger partial charge on any atom is -0.455 e. The highest BCUT2D eigenvalue weighted by molar-refractivity contribution is 7.26. The summed E-state index contributed by atoms with van der Waals surface area (Å²) in [5.41, 5.74) is 4.41. The summed E-state index contributed by atoms with van der Waals surface area (Å²) in [5.74, 6) is 0. The number of hydrogen-bond acceptors (Lipinski definition) is 2. The van der Waals surface area contributed by atoms with Crippen LogP contribution in [0.15, 0.2) is 77.2 Å². The lowest BCUT2D eigenvalue weighted by molar-refractivity contribution is 0.673. The van der Waals surface area contributed by atoms with E-state index in [0.717, 1.165) is 11.2 Å². The van der Waals surface area contributed by atoms with Crippen LogP contribution in [0, 0.1) is 0 Å². The van der Waals surface area contributed by atoms with E-state index in [-0.39, 0.29) is 0 Å². The number of hydrogen-bond donors (Lipinski definition) is 0. The van der Waals surface area contributed by atoms with Crippen molar-refractivity contribution in [2.75, 3.05) is 0 Å². The first-order valence-electron chi connectivity index (χ1n) is 9.44. The second-order valence-corrected chi connectivity index (χ2v) is 8.48. The molecule has 7 aromatic rings. The van der Waals surface area contributed by atoms with Gasteiger partial charge < -0.3 is 8.98 Å². The van der Waals surface area contributed by atoms with E-state index in [0.29, 0.717) is 0 Å². The molecule has 28 heavy (non-hydrogen) atoms. The Labute approximate surface area is 164 Å². The number of rotatable bonds is 0. The number of aromatic nitrogens is 1. The molecule has 0 aliphatic rings. The first-order valence-corrected chi connectivity index (χ1v) is 10.3. The molecule has 3 heteroatoms. The number of fused-ring (bicyclic) bond motifs is 11. The fourth-order valence-electron chi connectivity index (χ4n) is 4.73. The van der Waals surface area contributed by atoms with Gasteiger partial charge in [-0.05, 0) is 30.3 Å². The van der Waals surface area contributed by atoms with Gasteiger partial charge in [-0.25, -0.2) is 0 Å². The highest BCUT2D eigenvalue weighted by Crippen LogP contribution is 2.45. The molecular weight excluding hydrogens is 362 g/mol. The number of benzene rings is 4. The summed E-state index contributed by atoms with van der Waals surface area (Å²) >= 11 is 1.88. The predicted octanol–water partition coefficient (Wildman–Crippen LogP) is 7.60. The van der Waals surface area contributed by atoms with Crippen LogP contribution in [-0.4, -0.2) is 4.57 Å². The Hall–Kier alpha value is -3.30. The van der Waals surface area contributed by atoms with Crippen molar-refractivity contribution in [3.8, 4) is 0 Å². The monoisotopic (exact) mass is 377 g/mol. The lowest BCUT2D eigenvalue weighted by atomic mass is 10.1. The third-order valence-corrected chi connectivity index (χ3v) is 7.23. The van der Waals surface area contributed by atoms with Crippen molar-refractivity contribution in [1.82, 2.24) is 4.57 Å². The third kappa shape index (κ3) is 1.64. The second-order valence-electron chi connectivity index (χ2n) is 7.43. The van der Waals surface area contributed by atoms with Crippen molar-refractivity contribution in [2.24, 2.45) is 7.05 Å². The molecule has 3 aromatic heterocycles. The van der Waals surface area contributed by atoms with E-state index in [4.69, 9.17) is 4.42 Å². The molecule has 7 rings (SSSR count). The normalized spacial score (nSPS) is 12.5. The van der Waals surface area contributed by atoms with E-state index in [1.54, 1.807) is 0 Å². The zero-order valence-electron chi connectivity index (χ0n) is 15.2. The minimum absolute atomic E-state index is 0.950. The summed E-state index contributed by atoms with van der Waals surface area (Å²) in [6, 6.07) is 26.0. The molecule has 0 amide bonds. The van der Waals surface area contributed by atoms with Crippen LogP contribution in [0.2, 0.25) is 0 Å². The van der Waals surface area contributed by atoms with E-state index in [9.17, 15) is 0 Å². The van der Waals surface area contributed by atoms with Gasteiger partial charge >= 0.3 is 0 Å². The first-order chi connectivity index (χ1) is 13.8. The molecule has 0 saturated carbocycles. The molecule has 0 saturated heterocycles. The molecule has 132 valence electrons. The largest absolute Gasteiger partial charge is 0.455 e. The quantitative estimate of drug-likeness (QED) is 0.266. The van der Waals surface area contributed by atoms with Gasteiger partial charge in [-0.1, -0.05) is 42.5 Å². The van der Waals surface area contributed by atoms with Gasteiger partial charge in [-0.15, -0.1) is 11.3 Å².